The van der Waals surface area contributed by atoms with Crippen molar-refractivity contribution in [3.8, 4) is 0 Å². The van der Waals surface area contributed by atoms with Gasteiger partial charge in [0.05, 0.1) is 6.04 Å². The van der Waals surface area contributed by atoms with Gasteiger partial charge < -0.3 is 25.0 Å². The first-order valence-corrected chi connectivity index (χ1v) is 11.6. The highest BCUT2D eigenvalue weighted by molar-refractivity contribution is 5.86. The number of amides is 3. The highest BCUT2D eigenvalue weighted by Crippen LogP contribution is 2.22. The van der Waals surface area contributed by atoms with Gasteiger partial charge in [0.1, 0.15) is 18.2 Å². The summed E-state index contributed by atoms with van der Waals surface area (Å²) in [5.41, 5.74) is -0.249. The number of alkyl carbamates (subject to hydrolysis) is 1. The minimum absolute atomic E-state index is 0.123. The molecule has 2 rings (SSSR count). The highest BCUT2D eigenvalue weighted by Gasteiger charge is 2.35. The van der Waals surface area contributed by atoms with Crippen LogP contribution in [0.1, 0.15) is 66.4 Å². The van der Waals surface area contributed by atoms with Crippen LogP contribution in [0.4, 0.5) is 9.59 Å². The van der Waals surface area contributed by atoms with Gasteiger partial charge in [0.25, 0.3) is 0 Å². The fourth-order valence-electron chi connectivity index (χ4n) is 3.65. The molecule has 0 spiro atoms. The molecule has 2 N–H and O–H groups in total. The first kappa shape index (κ1) is 26.5. The van der Waals surface area contributed by atoms with Crippen LogP contribution < -0.4 is 10.6 Å². The normalized spacial score (nSPS) is 17.6. The lowest BCUT2D eigenvalue weighted by atomic mass is 9.86. The smallest absolute Gasteiger partial charge is 0.410 e. The second kappa shape index (κ2) is 11.4. The fraction of sp³-hybridized carbons (Fsp3) is 0.640. The molecule has 1 heterocycles. The lowest BCUT2D eigenvalue weighted by Gasteiger charge is -2.37. The molecule has 1 saturated heterocycles. The standard InChI is InChI=1S/C25H39N3O5/c1-24(2,3)20(27-22(30)32-17-18-12-8-7-9-13-18)21(29)26-16-19-14-10-11-15-28(19)23(31)33-25(4,5)6/h7-9,12-13,19-20H,10-11,14-17H2,1-6H3,(H,26,29)(H,27,30)/t19-,20+/m0/s1. The molecule has 2 atom stereocenters. The lowest BCUT2D eigenvalue weighted by Crippen LogP contribution is -2.56. The first-order chi connectivity index (χ1) is 15.4. The molecular weight excluding hydrogens is 422 g/mol. The number of hydrogen-bond acceptors (Lipinski definition) is 5. The quantitative estimate of drug-likeness (QED) is 0.661. The zero-order chi connectivity index (χ0) is 24.6. The number of likely N-dealkylation sites (tertiary alicyclic amines) is 1. The number of rotatable bonds is 6. The van der Waals surface area contributed by atoms with E-state index in [2.05, 4.69) is 10.6 Å². The van der Waals surface area contributed by atoms with Crippen LogP contribution in [0.2, 0.25) is 0 Å². The van der Waals surface area contributed by atoms with Crippen molar-refractivity contribution in [2.24, 2.45) is 5.41 Å². The van der Waals surface area contributed by atoms with Crippen LogP contribution in [0, 0.1) is 5.41 Å². The topological polar surface area (TPSA) is 97.0 Å². The van der Waals surface area contributed by atoms with E-state index in [4.69, 9.17) is 9.47 Å². The molecular formula is C25H39N3O5. The van der Waals surface area contributed by atoms with Crippen LogP contribution in [-0.4, -0.2) is 53.8 Å². The van der Waals surface area contributed by atoms with Crippen molar-refractivity contribution in [2.45, 2.75) is 85.1 Å². The SMILES string of the molecule is CC(C)(C)OC(=O)N1CCCC[C@H]1CNC(=O)[C@@H](NC(=O)OCc1ccccc1)C(C)(C)C. The van der Waals surface area contributed by atoms with Crippen molar-refractivity contribution in [1.82, 2.24) is 15.5 Å². The summed E-state index contributed by atoms with van der Waals surface area (Å²) >= 11 is 0. The summed E-state index contributed by atoms with van der Waals surface area (Å²) in [6, 6.07) is 8.41. The predicted molar refractivity (Wildman–Crippen MR) is 127 cm³/mol. The third-order valence-corrected chi connectivity index (χ3v) is 5.37. The maximum absolute atomic E-state index is 13.0. The van der Waals surface area contributed by atoms with E-state index in [0.717, 1.165) is 24.8 Å². The molecule has 8 heteroatoms. The molecule has 184 valence electrons. The van der Waals surface area contributed by atoms with Gasteiger partial charge in [-0.05, 0) is 51.0 Å². The van der Waals surface area contributed by atoms with Gasteiger partial charge in [-0.2, -0.15) is 0 Å². The molecule has 33 heavy (non-hydrogen) atoms. The average Bonchev–Trinajstić information content (AvgIpc) is 2.73. The molecule has 0 aromatic heterocycles. The van der Waals surface area contributed by atoms with Crippen molar-refractivity contribution in [1.29, 1.82) is 0 Å². The van der Waals surface area contributed by atoms with Crippen LogP contribution in [-0.2, 0) is 20.9 Å². The lowest BCUT2D eigenvalue weighted by molar-refractivity contribution is -0.125. The van der Waals surface area contributed by atoms with Gasteiger partial charge in [-0.3, -0.25) is 4.79 Å². The zero-order valence-electron chi connectivity index (χ0n) is 20.8. The molecule has 0 bridgehead atoms. The summed E-state index contributed by atoms with van der Waals surface area (Å²) in [4.78, 5) is 39.7. The molecule has 8 nitrogen and oxygen atoms in total. The van der Waals surface area contributed by atoms with E-state index >= 15 is 0 Å². The Balaban J connectivity index is 1.95. The third kappa shape index (κ3) is 8.94. The number of carbonyl (C=O) groups excluding carboxylic acids is 3. The van der Waals surface area contributed by atoms with Gasteiger partial charge in [-0.25, -0.2) is 9.59 Å². The van der Waals surface area contributed by atoms with Crippen LogP contribution in [0.15, 0.2) is 30.3 Å². The van der Waals surface area contributed by atoms with E-state index in [1.165, 1.54) is 0 Å². The van der Waals surface area contributed by atoms with Crippen LogP contribution in [0.25, 0.3) is 0 Å². The minimum Gasteiger partial charge on any atom is -0.445 e. The van der Waals surface area contributed by atoms with Crippen molar-refractivity contribution in [2.75, 3.05) is 13.1 Å². The third-order valence-electron chi connectivity index (χ3n) is 5.37. The molecule has 1 aliphatic heterocycles. The van der Waals surface area contributed by atoms with E-state index in [-0.39, 0.29) is 24.6 Å². The summed E-state index contributed by atoms with van der Waals surface area (Å²) in [6.07, 6.45) is 1.65. The Hall–Kier alpha value is -2.77. The van der Waals surface area contributed by atoms with Crippen molar-refractivity contribution in [3.63, 3.8) is 0 Å². The van der Waals surface area contributed by atoms with Gasteiger partial charge in [-0.1, -0.05) is 51.1 Å². The zero-order valence-corrected chi connectivity index (χ0v) is 20.8. The van der Waals surface area contributed by atoms with Crippen molar-refractivity contribution < 1.29 is 23.9 Å². The van der Waals surface area contributed by atoms with Crippen LogP contribution in [0.3, 0.4) is 0 Å². The molecule has 0 unspecified atom stereocenters. The summed E-state index contributed by atoms with van der Waals surface area (Å²) in [5, 5.41) is 5.63. The number of nitrogens with one attached hydrogen (secondary N) is 2. The summed E-state index contributed by atoms with van der Waals surface area (Å²) in [7, 11) is 0. The van der Waals surface area contributed by atoms with Crippen LogP contribution >= 0.6 is 0 Å². The van der Waals surface area contributed by atoms with Crippen molar-refractivity contribution >= 4 is 18.1 Å². The number of hydrogen-bond donors (Lipinski definition) is 2. The number of benzene rings is 1. The van der Waals surface area contributed by atoms with E-state index in [1.807, 2.05) is 71.9 Å². The Bertz CT molecular complexity index is 799. The Morgan fingerprint density at radius 2 is 1.73 bits per heavy atom. The summed E-state index contributed by atoms with van der Waals surface area (Å²) in [6.45, 7) is 12.2. The monoisotopic (exact) mass is 461 g/mol. The number of piperidine rings is 1. The maximum Gasteiger partial charge on any atom is 0.410 e. The molecule has 3 amide bonds. The Morgan fingerprint density at radius 1 is 1.06 bits per heavy atom. The first-order valence-electron chi connectivity index (χ1n) is 11.6. The number of ether oxygens (including phenoxy) is 2. The van der Waals surface area contributed by atoms with Gasteiger partial charge in [0.2, 0.25) is 5.91 Å². The maximum atomic E-state index is 13.0. The molecule has 0 aliphatic carbocycles. The summed E-state index contributed by atoms with van der Waals surface area (Å²) in [5.74, 6) is -0.311. The molecule has 0 radical (unpaired) electrons. The Labute approximate surface area is 197 Å². The average molecular weight is 462 g/mol. The molecule has 1 aromatic rings. The van der Waals surface area contributed by atoms with Crippen molar-refractivity contribution in [3.05, 3.63) is 35.9 Å². The molecule has 0 saturated carbocycles. The minimum atomic E-state index is -0.792. The fourth-order valence-corrected chi connectivity index (χ4v) is 3.65. The Kier molecular flexibility index (Phi) is 9.14. The van der Waals surface area contributed by atoms with Gasteiger partial charge in [0, 0.05) is 13.1 Å². The Morgan fingerprint density at radius 3 is 2.33 bits per heavy atom. The molecule has 1 aliphatic rings. The second-order valence-corrected chi connectivity index (χ2v) is 10.6. The van der Waals surface area contributed by atoms with E-state index in [9.17, 15) is 14.4 Å². The highest BCUT2D eigenvalue weighted by atomic mass is 16.6. The molecule has 1 aromatic carbocycles. The van der Waals surface area contributed by atoms with E-state index in [1.54, 1.807) is 4.90 Å². The van der Waals surface area contributed by atoms with Gasteiger partial charge >= 0.3 is 12.2 Å². The van der Waals surface area contributed by atoms with E-state index < -0.39 is 23.2 Å². The van der Waals surface area contributed by atoms with Gasteiger partial charge in [0.15, 0.2) is 0 Å². The van der Waals surface area contributed by atoms with E-state index in [0.29, 0.717) is 13.1 Å². The van der Waals surface area contributed by atoms with Gasteiger partial charge in [-0.15, -0.1) is 0 Å². The predicted octanol–water partition coefficient (Wildman–Crippen LogP) is 4.23. The number of carbonyl (C=O) groups is 3. The number of nitrogens with zero attached hydrogens (tertiary/aromatic N) is 1. The largest absolute Gasteiger partial charge is 0.445 e. The summed E-state index contributed by atoms with van der Waals surface area (Å²) < 4.78 is 10.8. The molecule has 1 fully saturated rings. The second-order valence-electron chi connectivity index (χ2n) is 10.6. The van der Waals surface area contributed by atoms with Crippen LogP contribution in [0.5, 0.6) is 0 Å².